The second-order valence-corrected chi connectivity index (χ2v) is 10.1. The normalized spacial score (nSPS) is 15.5. The lowest BCUT2D eigenvalue weighted by Gasteiger charge is -2.30. The molecule has 1 heterocycles. The lowest BCUT2D eigenvalue weighted by molar-refractivity contribution is -0.131. The predicted molar refractivity (Wildman–Crippen MR) is 152 cm³/mol. The SMILES string of the molecule is [2H]C(c1ccc(-c2ccc3c(cnn3C)c2)cc1Cl)N(C(=O)C1CCCCC1)c1cccc(/C=C/C(=O)O)c1. The van der Waals surface area contributed by atoms with E-state index in [0.717, 1.165) is 60.2 Å². The molecule has 0 bridgehead atoms. The number of carbonyl (C=O) groups is 2. The molecule has 4 aromatic rings. The highest BCUT2D eigenvalue weighted by molar-refractivity contribution is 6.31. The van der Waals surface area contributed by atoms with E-state index in [-0.39, 0.29) is 11.8 Å². The first-order valence-electron chi connectivity index (χ1n) is 13.4. The van der Waals surface area contributed by atoms with Gasteiger partial charge in [-0.05, 0) is 71.5 Å². The van der Waals surface area contributed by atoms with Crippen LogP contribution in [-0.2, 0) is 23.2 Å². The van der Waals surface area contributed by atoms with Gasteiger partial charge in [0.1, 0.15) is 0 Å². The van der Waals surface area contributed by atoms with E-state index in [1.54, 1.807) is 24.3 Å². The summed E-state index contributed by atoms with van der Waals surface area (Å²) in [5.41, 5.74) is 4.63. The van der Waals surface area contributed by atoms with Crippen LogP contribution in [0.1, 0.15) is 44.6 Å². The number of rotatable bonds is 7. The highest BCUT2D eigenvalue weighted by Crippen LogP contribution is 2.32. The van der Waals surface area contributed by atoms with Gasteiger partial charge in [-0.3, -0.25) is 9.48 Å². The number of aromatic nitrogens is 2. The fourth-order valence-electron chi connectivity index (χ4n) is 5.05. The summed E-state index contributed by atoms with van der Waals surface area (Å²) < 4.78 is 11.0. The molecule has 6 nitrogen and oxygen atoms in total. The van der Waals surface area contributed by atoms with E-state index in [9.17, 15) is 11.0 Å². The van der Waals surface area contributed by atoms with Gasteiger partial charge in [-0.25, -0.2) is 4.79 Å². The van der Waals surface area contributed by atoms with Crippen LogP contribution in [0.5, 0.6) is 0 Å². The first kappa shape index (κ1) is 24.4. The molecule has 1 unspecified atom stereocenters. The van der Waals surface area contributed by atoms with Crippen LogP contribution < -0.4 is 4.90 Å². The second kappa shape index (κ2) is 11.2. The van der Waals surface area contributed by atoms with Crippen molar-refractivity contribution in [2.75, 3.05) is 4.90 Å². The number of fused-ring (bicyclic) bond motifs is 1. The Morgan fingerprint density at radius 3 is 2.63 bits per heavy atom. The van der Waals surface area contributed by atoms with Gasteiger partial charge in [0.15, 0.2) is 0 Å². The summed E-state index contributed by atoms with van der Waals surface area (Å²) in [6.45, 7) is -1.07. The largest absolute Gasteiger partial charge is 0.478 e. The molecule has 0 radical (unpaired) electrons. The van der Waals surface area contributed by atoms with Crippen LogP contribution >= 0.6 is 11.6 Å². The Morgan fingerprint density at radius 1 is 1.11 bits per heavy atom. The smallest absolute Gasteiger partial charge is 0.328 e. The Kier molecular flexibility index (Phi) is 7.22. The van der Waals surface area contributed by atoms with Gasteiger partial charge in [0.05, 0.1) is 19.6 Å². The summed E-state index contributed by atoms with van der Waals surface area (Å²) in [6, 6.07) is 18.7. The van der Waals surface area contributed by atoms with E-state index < -0.39 is 12.5 Å². The number of aryl methyl sites for hydroxylation is 1. The Hall–Kier alpha value is -3.90. The molecular weight excluding hydrogens is 498 g/mol. The predicted octanol–water partition coefficient (Wildman–Crippen LogP) is 7.11. The number of hydrogen-bond donors (Lipinski definition) is 1. The average molecular weight is 529 g/mol. The number of carboxylic acid groups (broad SMARTS) is 1. The van der Waals surface area contributed by atoms with Crippen molar-refractivity contribution in [2.45, 2.75) is 38.6 Å². The zero-order valence-electron chi connectivity index (χ0n) is 22.2. The van der Waals surface area contributed by atoms with Crippen LogP contribution in [0.15, 0.2) is 72.9 Å². The van der Waals surface area contributed by atoms with Crippen LogP contribution in [0.3, 0.4) is 0 Å². The molecule has 0 spiro atoms. The number of carboxylic acids is 1. The molecule has 1 atom stereocenters. The Balaban J connectivity index is 1.50. The summed E-state index contributed by atoms with van der Waals surface area (Å²) in [6.07, 6.45) is 9.05. The minimum absolute atomic E-state index is 0.101. The highest BCUT2D eigenvalue weighted by atomic mass is 35.5. The average Bonchev–Trinajstić information content (AvgIpc) is 3.32. The maximum Gasteiger partial charge on any atom is 0.328 e. The third-order valence-corrected chi connectivity index (χ3v) is 7.43. The van der Waals surface area contributed by atoms with Crippen LogP contribution in [0, 0.1) is 5.92 Å². The minimum Gasteiger partial charge on any atom is -0.478 e. The first-order chi connectivity index (χ1) is 18.8. The number of carbonyl (C=O) groups excluding carboxylic acids is 1. The van der Waals surface area contributed by atoms with Crippen molar-refractivity contribution in [3.63, 3.8) is 0 Å². The number of aliphatic carboxylic acids is 1. The Bertz CT molecular complexity index is 1560. The van der Waals surface area contributed by atoms with E-state index in [1.165, 1.54) is 11.0 Å². The van der Waals surface area contributed by atoms with E-state index >= 15 is 0 Å². The van der Waals surface area contributed by atoms with E-state index in [1.807, 2.05) is 48.3 Å². The monoisotopic (exact) mass is 528 g/mol. The summed E-state index contributed by atoms with van der Waals surface area (Å²) in [4.78, 5) is 26.4. The first-order valence-corrected chi connectivity index (χ1v) is 13.2. The number of benzene rings is 3. The molecule has 0 aliphatic heterocycles. The number of anilines is 1. The molecule has 3 aromatic carbocycles. The molecule has 1 aliphatic rings. The number of halogens is 1. The molecule has 38 heavy (non-hydrogen) atoms. The molecular formula is C31H30ClN3O3. The molecule has 0 saturated heterocycles. The van der Waals surface area contributed by atoms with Crippen molar-refractivity contribution >= 4 is 46.1 Å². The lowest BCUT2D eigenvalue weighted by atomic mass is 9.88. The van der Waals surface area contributed by atoms with Gasteiger partial charge in [-0.2, -0.15) is 5.10 Å². The van der Waals surface area contributed by atoms with Gasteiger partial charge < -0.3 is 10.0 Å². The van der Waals surface area contributed by atoms with Crippen molar-refractivity contribution in [3.8, 4) is 11.1 Å². The fraction of sp³-hybridized carbons (Fsp3) is 0.258. The lowest BCUT2D eigenvalue weighted by Crippen LogP contribution is -2.36. The van der Waals surface area contributed by atoms with Gasteiger partial charge in [-0.15, -0.1) is 0 Å². The maximum absolute atomic E-state index is 13.9. The molecule has 1 fully saturated rings. The summed E-state index contributed by atoms with van der Waals surface area (Å²) in [5, 5.41) is 14.8. The quantitative estimate of drug-likeness (QED) is 0.259. The molecule has 1 saturated carbocycles. The molecule has 1 amide bonds. The fourth-order valence-corrected chi connectivity index (χ4v) is 5.28. The molecule has 1 aromatic heterocycles. The summed E-state index contributed by atoms with van der Waals surface area (Å²) in [5.74, 6) is -1.31. The number of nitrogens with zero attached hydrogens (tertiary/aromatic N) is 3. The van der Waals surface area contributed by atoms with Crippen molar-refractivity contribution in [2.24, 2.45) is 13.0 Å². The third-order valence-electron chi connectivity index (χ3n) is 7.11. The molecule has 7 heteroatoms. The van der Waals surface area contributed by atoms with Crippen molar-refractivity contribution in [1.82, 2.24) is 9.78 Å². The molecule has 194 valence electrons. The van der Waals surface area contributed by atoms with Crippen LogP contribution in [0.25, 0.3) is 28.1 Å². The Labute approximate surface area is 228 Å². The number of hydrogen-bond acceptors (Lipinski definition) is 3. The van der Waals surface area contributed by atoms with Gasteiger partial charge in [0.2, 0.25) is 5.91 Å². The van der Waals surface area contributed by atoms with Crippen molar-refractivity contribution in [3.05, 3.63) is 89.1 Å². The Morgan fingerprint density at radius 2 is 1.87 bits per heavy atom. The van der Waals surface area contributed by atoms with Gasteiger partial charge in [0.25, 0.3) is 0 Å². The molecule has 1 aliphatic carbocycles. The van der Waals surface area contributed by atoms with Crippen molar-refractivity contribution in [1.29, 1.82) is 0 Å². The summed E-state index contributed by atoms with van der Waals surface area (Å²) >= 11 is 6.78. The molecule has 5 rings (SSSR count). The van der Waals surface area contributed by atoms with Gasteiger partial charge >= 0.3 is 5.97 Å². The van der Waals surface area contributed by atoms with E-state index in [0.29, 0.717) is 21.8 Å². The van der Waals surface area contributed by atoms with Crippen LogP contribution in [-0.4, -0.2) is 26.8 Å². The van der Waals surface area contributed by atoms with E-state index in [4.69, 9.17) is 16.7 Å². The highest BCUT2D eigenvalue weighted by Gasteiger charge is 2.27. The van der Waals surface area contributed by atoms with Crippen LogP contribution in [0.2, 0.25) is 5.02 Å². The van der Waals surface area contributed by atoms with Gasteiger partial charge in [0, 0.05) is 35.1 Å². The number of amides is 1. The molecule has 1 N–H and O–H groups in total. The minimum atomic E-state index is -1.07. The zero-order valence-corrected chi connectivity index (χ0v) is 21.9. The van der Waals surface area contributed by atoms with Crippen LogP contribution in [0.4, 0.5) is 5.69 Å². The maximum atomic E-state index is 13.9. The summed E-state index contributed by atoms with van der Waals surface area (Å²) in [7, 11) is 1.90. The zero-order chi connectivity index (χ0) is 27.5. The second-order valence-electron chi connectivity index (χ2n) is 9.72. The van der Waals surface area contributed by atoms with E-state index in [2.05, 4.69) is 11.2 Å². The standard InChI is InChI=1S/C31H30ClN3O3/c1-34-29-14-13-23(17-26(29)19-33-34)24-11-12-25(28(32)18-24)20-35(31(38)22-7-3-2-4-8-22)27-9-5-6-21(16-27)10-15-30(36)37/h5-6,9-19,22H,2-4,7-8,20H2,1H3,(H,36,37)/b15-10+/i20D. The van der Waals surface area contributed by atoms with Crippen molar-refractivity contribution < 1.29 is 16.1 Å². The van der Waals surface area contributed by atoms with Gasteiger partial charge in [-0.1, -0.05) is 61.2 Å². The third kappa shape index (κ3) is 5.65. The topological polar surface area (TPSA) is 75.4 Å².